The van der Waals surface area contributed by atoms with Gasteiger partial charge in [0.2, 0.25) is 0 Å². The second kappa shape index (κ2) is 6.33. The normalized spacial score (nSPS) is 28.5. The fraction of sp³-hybridized carbons (Fsp3) is 0.579. The summed E-state index contributed by atoms with van der Waals surface area (Å²) in [5.41, 5.74) is -0.291. The summed E-state index contributed by atoms with van der Waals surface area (Å²) in [6.07, 6.45) is 2.94. The highest BCUT2D eigenvalue weighted by Gasteiger charge is 2.54. The van der Waals surface area contributed by atoms with E-state index in [0.717, 1.165) is 12.4 Å². The van der Waals surface area contributed by atoms with Crippen LogP contribution in [0.15, 0.2) is 24.3 Å². The standard InChI is InChI=1S/C19H23NO5/c21-17(14-3-5-16(6-4-14)25-10-13-1-2-13)20-9-15-11-24-8-7-19(15,12-20)18(22)23/h3-6,13,15H,1-2,7-12H2,(H,22,23)/t15-,19+/m0/s1. The Balaban J connectivity index is 1.44. The van der Waals surface area contributed by atoms with Crippen LogP contribution in [-0.4, -0.2) is 54.8 Å². The van der Waals surface area contributed by atoms with Crippen molar-refractivity contribution in [3.63, 3.8) is 0 Å². The lowest BCUT2D eigenvalue weighted by Gasteiger charge is -2.33. The molecule has 1 amide bonds. The van der Waals surface area contributed by atoms with E-state index >= 15 is 0 Å². The summed E-state index contributed by atoms with van der Waals surface area (Å²) in [5, 5.41) is 9.70. The average molecular weight is 345 g/mol. The first-order valence-corrected chi connectivity index (χ1v) is 8.92. The van der Waals surface area contributed by atoms with Crippen molar-refractivity contribution in [2.75, 3.05) is 32.9 Å². The number of fused-ring (bicyclic) bond motifs is 1. The molecule has 4 rings (SSSR count). The number of hydrogen-bond acceptors (Lipinski definition) is 4. The molecule has 0 spiro atoms. The van der Waals surface area contributed by atoms with Crippen LogP contribution in [-0.2, 0) is 9.53 Å². The van der Waals surface area contributed by atoms with Crippen LogP contribution in [0.5, 0.6) is 5.75 Å². The third-order valence-corrected chi connectivity index (χ3v) is 5.70. The van der Waals surface area contributed by atoms with Gasteiger partial charge in [0, 0.05) is 31.2 Å². The van der Waals surface area contributed by atoms with Gasteiger partial charge in [-0.3, -0.25) is 9.59 Å². The van der Waals surface area contributed by atoms with Gasteiger partial charge in [-0.05, 0) is 49.4 Å². The maximum atomic E-state index is 12.8. The van der Waals surface area contributed by atoms with E-state index in [-0.39, 0.29) is 18.4 Å². The van der Waals surface area contributed by atoms with Crippen molar-refractivity contribution in [3.05, 3.63) is 29.8 Å². The lowest BCUT2D eigenvalue weighted by Crippen LogP contribution is -2.45. The minimum Gasteiger partial charge on any atom is -0.493 e. The van der Waals surface area contributed by atoms with E-state index < -0.39 is 11.4 Å². The number of carbonyl (C=O) groups is 2. The minimum absolute atomic E-state index is 0.122. The minimum atomic E-state index is -0.860. The van der Waals surface area contributed by atoms with Crippen LogP contribution < -0.4 is 4.74 Å². The SMILES string of the molecule is O=C(c1ccc(OCC2CC2)cc1)N1C[C@H]2COCC[C@@]2(C(=O)O)C1. The van der Waals surface area contributed by atoms with Gasteiger partial charge in [0.15, 0.2) is 0 Å². The topological polar surface area (TPSA) is 76.1 Å². The van der Waals surface area contributed by atoms with Crippen molar-refractivity contribution < 1.29 is 24.2 Å². The molecule has 0 bridgehead atoms. The smallest absolute Gasteiger partial charge is 0.311 e. The van der Waals surface area contributed by atoms with E-state index in [1.807, 2.05) is 12.1 Å². The lowest BCUT2D eigenvalue weighted by molar-refractivity contribution is -0.157. The predicted molar refractivity (Wildman–Crippen MR) is 89.6 cm³/mol. The first-order chi connectivity index (χ1) is 12.1. The number of hydrogen-bond donors (Lipinski definition) is 1. The zero-order valence-corrected chi connectivity index (χ0v) is 14.1. The summed E-state index contributed by atoms with van der Waals surface area (Å²) in [7, 11) is 0. The largest absolute Gasteiger partial charge is 0.493 e. The van der Waals surface area contributed by atoms with Gasteiger partial charge in [-0.1, -0.05) is 0 Å². The average Bonchev–Trinajstić information content (AvgIpc) is 3.37. The number of carboxylic acids is 1. The highest BCUT2D eigenvalue weighted by molar-refractivity contribution is 5.95. The molecule has 1 aromatic rings. The molecule has 1 aromatic carbocycles. The first-order valence-electron chi connectivity index (χ1n) is 8.92. The van der Waals surface area contributed by atoms with Crippen LogP contribution in [0.4, 0.5) is 0 Å². The van der Waals surface area contributed by atoms with Crippen molar-refractivity contribution >= 4 is 11.9 Å². The third-order valence-electron chi connectivity index (χ3n) is 5.70. The summed E-state index contributed by atoms with van der Waals surface area (Å²) < 4.78 is 11.1. The van der Waals surface area contributed by atoms with Crippen LogP contribution in [0, 0.1) is 17.3 Å². The van der Waals surface area contributed by atoms with Crippen LogP contribution >= 0.6 is 0 Å². The molecular formula is C19H23NO5. The Bertz CT molecular complexity index is 669. The maximum absolute atomic E-state index is 12.8. The summed E-state index contributed by atoms with van der Waals surface area (Å²) in [4.78, 5) is 26.3. The Hall–Kier alpha value is -2.08. The van der Waals surface area contributed by atoms with Gasteiger partial charge in [0.25, 0.3) is 5.91 Å². The van der Waals surface area contributed by atoms with Crippen molar-refractivity contribution in [1.82, 2.24) is 4.90 Å². The van der Waals surface area contributed by atoms with E-state index in [1.165, 1.54) is 12.8 Å². The van der Waals surface area contributed by atoms with E-state index in [2.05, 4.69) is 0 Å². The highest BCUT2D eigenvalue weighted by Crippen LogP contribution is 2.42. The molecule has 0 unspecified atom stereocenters. The number of benzene rings is 1. The molecule has 2 atom stereocenters. The maximum Gasteiger partial charge on any atom is 0.311 e. The van der Waals surface area contributed by atoms with E-state index in [9.17, 15) is 14.7 Å². The Morgan fingerprint density at radius 3 is 2.68 bits per heavy atom. The van der Waals surface area contributed by atoms with Gasteiger partial charge in [0.1, 0.15) is 5.75 Å². The number of carboxylic acid groups (broad SMARTS) is 1. The third kappa shape index (κ3) is 3.11. The van der Waals surface area contributed by atoms with Gasteiger partial charge in [-0.2, -0.15) is 0 Å². The summed E-state index contributed by atoms with van der Waals surface area (Å²) in [5.74, 6) is 0.380. The Morgan fingerprint density at radius 1 is 1.28 bits per heavy atom. The number of likely N-dealkylation sites (tertiary alicyclic amines) is 1. The molecule has 2 saturated heterocycles. The molecule has 3 aliphatic rings. The van der Waals surface area contributed by atoms with E-state index in [0.29, 0.717) is 37.7 Å². The Kier molecular flexibility index (Phi) is 4.15. The number of amides is 1. The van der Waals surface area contributed by atoms with Gasteiger partial charge in [-0.25, -0.2) is 0 Å². The van der Waals surface area contributed by atoms with Crippen molar-refractivity contribution in [3.8, 4) is 5.75 Å². The number of nitrogens with zero attached hydrogens (tertiary/aromatic N) is 1. The van der Waals surface area contributed by atoms with Crippen molar-refractivity contribution in [1.29, 1.82) is 0 Å². The monoisotopic (exact) mass is 345 g/mol. The van der Waals surface area contributed by atoms with Crippen molar-refractivity contribution in [2.24, 2.45) is 17.3 Å². The Labute approximate surface area is 146 Å². The second-order valence-corrected chi connectivity index (χ2v) is 7.45. The first kappa shape index (κ1) is 16.4. The van der Waals surface area contributed by atoms with Gasteiger partial charge < -0.3 is 19.5 Å². The highest BCUT2D eigenvalue weighted by atomic mass is 16.5. The summed E-state index contributed by atoms with van der Waals surface area (Å²) in [6, 6.07) is 7.15. The molecule has 134 valence electrons. The van der Waals surface area contributed by atoms with Crippen LogP contribution in [0.3, 0.4) is 0 Å². The number of carbonyl (C=O) groups excluding carboxylic acids is 1. The molecule has 25 heavy (non-hydrogen) atoms. The van der Waals surface area contributed by atoms with Crippen molar-refractivity contribution in [2.45, 2.75) is 19.3 Å². The Morgan fingerprint density at radius 2 is 2.04 bits per heavy atom. The summed E-state index contributed by atoms with van der Waals surface area (Å²) >= 11 is 0. The summed E-state index contributed by atoms with van der Waals surface area (Å²) in [6.45, 7) is 2.28. The molecule has 1 aliphatic carbocycles. The lowest BCUT2D eigenvalue weighted by atomic mass is 9.74. The quantitative estimate of drug-likeness (QED) is 0.884. The zero-order valence-electron chi connectivity index (χ0n) is 14.1. The van der Waals surface area contributed by atoms with Gasteiger partial charge in [-0.15, -0.1) is 0 Å². The second-order valence-electron chi connectivity index (χ2n) is 7.45. The van der Waals surface area contributed by atoms with Crippen LogP contribution in [0.2, 0.25) is 0 Å². The van der Waals surface area contributed by atoms with Crippen LogP contribution in [0.1, 0.15) is 29.6 Å². The molecule has 2 aliphatic heterocycles. The fourth-order valence-electron chi connectivity index (χ4n) is 3.83. The number of rotatable bonds is 5. The predicted octanol–water partition coefficient (Wildman–Crippen LogP) is 2.04. The van der Waals surface area contributed by atoms with Gasteiger partial charge >= 0.3 is 5.97 Å². The molecule has 6 nitrogen and oxygen atoms in total. The molecule has 1 saturated carbocycles. The van der Waals surface area contributed by atoms with E-state index in [1.54, 1.807) is 17.0 Å². The van der Waals surface area contributed by atoms with Gasteiger partial charge in [0.05, 0.1) is 18.6 Å². The molecule has 0 radical (unpaired) electrons. The molecule has 3 fully saturated rings. The fourth-order valence-corrected chi connectivity index (χ4v) is 3.83. The van der Waals surface area contributed by atoms with E-state index in [4.69, 9.17) is 9.47 Å². The number of aliphatic carboxylic acids is 1. The molecule has 2 heterocycles. The molecule has 0 aromatic heterocycles. The molecular weight excluding hydrogens is 322 g/mol. The molecule has 6 heteroatoms. The number of ether oxygens (including phenoxy) is 2. The zero-order chi connectivity index (χ0) is 17.4. The van der Waals surface area contributed by atoms with Crippen LogP contribution in [0.25, 0.3) is 0 Å². The molecule has 1 N–H and O–H groups in total.